The number of nitrogens with zero attached hydrogens (tertiary/aromatic N) is 3. The smallest absolute Gasteiger partial charge is 0.376 e. The van der Waals surface area contributed by atoms with Gasteiger partial charge in [0.2, 0.25) is 5.91 Å². The average Bonchev–Trinajstić information content (AvgIpc) is 3.06. The van der Waals surface area contributed by atoms with Gasteiger partial charge in [0.05, 0.1) is 24.7 Å². The highest BCUT2D eigenvalue weighted by Gasteiger charge is 2.39. The first-order valence-corrected chi connectivity index (χ1v) is 8.69. The molecule has 1 aliphatic rings. The van der Waals surface area contributed by atoms with Crippen molar-refractivity contribution in [2.75, 3.05) is 13.2 Å². The Bertz CT molecular complexity index is 936. The van der Waals surface area contributed by atoms with Crippen LogP contribution in [-0.4, -0.2) is 33.8 Å². The van der Waals surface area contributed by atoms with E-state index in [-0.39, 0.29) is 30.9 Å². The van der Waals surface area contributed by atoms with Gasteiger partial charge in [0, 0.05) is 42.4 Å². The fourth-order valence-corrected chi connectivity index (χ4v) is 2.94. The molecule has 1 aromatic heterocycles. The second kappa shape index (κ2) is 8.43. The molecule has 154 valence electrons. The van der Waals surface area contributed by atoms with Crippen LogP contribution in [0, 0.1) is 10.1 Å². The lowest BCUT2D eigenvalue weighted by atomic mass is 10.1. The molecule has 29 heavy (non-hydrogen) atoms. The van der Waals surface area contributed by atoms with Crippen molar-refractivity contribution in [1.29, 1.82) is 0 Å². The number of rotatable bonds is 6. The first kappa shape index (κ1) is 20.5. The number of hydrogen-bond donors (Lipinski definition) is 1. The third-order valence-corrected chi connectivity index (χ3v) is 4.32. The van der Waals surface area contributed by atoms with Crippen LogP contribution in [0.4, 0.5) is 18.9 Å². The molecule has 11 heteroatoms. The number of nitro benzene ring substituents is 1. The number of nitro groups is 1. The molecule has 0 atom stereocenters. The minimum absolute atomic E-state index is 0.0492. The average molecular weight is 410 g/mol. The number of carbonyl (C=O) groups excluding carboxylic acids is 1. The minimum atomic E-state index is -4.56. The monoisotopic (exact) mass is 410 g/mol. The number of nitrogens with one attached hydrogen (secondary N) is 1. The molecule has 8 nitrogen and oxygen atoms in total. The minimum Gasteiger partial charge on any atom is -0.376 e. The summed E-state index contributed by atoms with van der Waals surface area (Å²) in [6.07, 6.45) is -1.51. The van der Waals surface area contributed by atoms with Gasteiger partial charge >= 0.3 is 6.18 Å². The summed E-state index contributed by atoms with van der Waals surface area (Å²) in [7, 11) is 0. The van der Waals surface area contributed by atoms with Gasteiger partial charge in [-0.15, -0.1) is 0 Å². The molecule has 0 spiro atoms. The van der Waals surface area contributed by atoms with E-state index >= 15 is 0 Å². The van der Waals surface area contributed by atoms with Gasteiger partial charge in [-0.3, -0.25) is 19.6 Å². The Balaban J connectivity index is 1.58. The molecule has 0 saturated heterocycles. The van der Waals surface area contributed by atoms with Crippen LogP contribution in [0.2, 0.25) is 0 Å². The van der Waals surface area contributed by atoms with E-state index < -0.39 is 22.7 Å². The predicted octanol–water partition coefficient (Wildman–Crippen LogP) is 2.71. The lowest BCUT2D eigenvalue weighted by molar-refractivity contribution is -0.384. The molecule has 1 aliphatic heterocycles. The van der Waals surface area contributed by atoms with Crippen molar-refractivity contribution in [2.45, 2.75) is 25.7 Å². The highest BCUT2D eigenvalue weighted by atomic mass is 19.4. The van der Waals surface area contributed by atoms with Crippen LogP contribution in [0.3, 0.4) is 0 Å². The fraction of sp³-hybridized carbons (Fsp3) is 0.333. The predicted molar refractivity (Wildman–Crippen MR) is 95.7 cm³/mol. The zero-order valence-electron chi connectivity index (χ0n) is 15.1. The topological polar surface area (TPSA) is 99.3 Å². The normalized spacial score (nSPS) is 14.0. The van der Waals surface area contributed by atoms with Crippen molar-refractivity contribution in [3.63, 3.8) is 0 Å². The molecule has 2 heterocycles. The summed E-state index contributed by atoms with van der Waals surface area (Å²) >= 11 is 0. The molecule has 2 aromatic rings. The van der Waals surface area contributed by atoms with Crippen LogP contribution >= 0.6 is 0 Å². The highest BCUT2D eigenvalue weighted by Crippen LogP contribution is 2.34. The third kappa shape index (κ3) is 4.99. The lowest BCUT2D eigenvalue weighted by Gasteiger charge is -2.15. The maximum absolute atomic E-state index is 13.1. The molecular weight excluding hydrogens is 393 g/mol. The van der Waals surface area contributed by atoms with E-state index in [2.05, 4.69) is 10.4 Å². The van der Waals surface area contributed by atoms with Crippen LogP contribution < -0.4 is 5.32 Å². The summed E-state index contributed by atoms with van der Waals surface area (Å²) in [5, 5.41) is 16.8. The van der Waals surface area contributed by atoms with Gasteiger partial charge in [0.1, 0.15) is 0 Å². The van der Waals surface area contributed by atoms with Gasteiger partial charge < -0.3 is 10.1 Å². The van der Waals surface area contributed by atoms with Crippen LogP contribution in [0.15, 0.2) is 30.3 Å². The van der Waals surface area contributed by atoms with Gasteiger partial charge in [-0.25, -0.2) is 0 Å². The van der Waals surface area contributed by atoms with Crippen molar-refractivity contribution >= 4 is 17.7 Å². The second-order valence-corrected chi connectivity index (χ2v) is 6.27. The van der Waals surface area contributed by atoms with E-state index in [1.807, 2.05) is 0 Å². The number of benzene rings is 1. The van der Waals surface area contributed by atoms with Gasteiger partial charge in [0.15, 0.2) is 5.69 Å². The number of amides is 1. The maximum atomic E-state index is 13.1. The first-order chi connectivity index (χ1) is 13.8. The lowest BCUT2D eigenvalue weighted by Crippen LogP contribution is -2.27. The van der Waals surface area contributed by atoms with E-state index in [1.165, 1.54) is 41.1 Å². The Morgan fingerprint density at radius 3 is 2.72 bits per heavy atom. The number of hydrogen-bond acceptors (Lipinski definition) is 5. The number of halogens is 3. The highest BCUT2D eigenvalue weighted by molar-refractivity contribution is 5.91. The number of non-ortho nitro benzene ring substituents is 1. The fourth-order valence-electron chi connectivity index (χ4n) is 2.94. The maximum Gasteiger partial charge on any atom is 0.435 e. The van der Waals surface area contributed by atoms with Crippen molar-refractivity contribution in [3.05, 3.63) is 63.0 Å². The van der Waals surface area contributed by atoms with E-state index in [4.69, 9.17) is 4.74 Å². The van der Waals surface area contributed by atoms with E-state index in [0.29, 0.717) is 24.3 Å². The van der Waals surface area contributed by atoms with Crippen LogP contribution in [0.5, 0.6) is 0 Å². The summed E-state index contributed by atoms with van der Waals surface area (Å²) in [6.45, 7) is 0.375. The van der Waals surface area contributed by atoms with Crippen molar-refractivity contribution < 1.29 is 27.6 Å². The zero-order valence-corrected chi connectivity index (χ0v) is 15.1. The van der Waals surface area contributed by atoms with E-state index in [1.54, 1.807) is 0 Å². The Labute approximate surface area is 163 Å². The molecule has 1 aromatic carbocycles. The van der Waals surface area contributed by atoms with E-state index in [9.17, 15) is 28.1 Å². The number of aromatic nitrogens is 2. The molecule has 0 bridgehead atoms. The van der Waals surface area contributed by atoms with Crippen molar-refractivity contribution in [1.82, 2.24) is 15.1 Å². The van der Waals surface area contributed by atoms with Crippen molar-refractivity contribution in [3.8, 4) is 0 Å². The number of fused-ring (bicyclic) bond motifs is 1. The molecule has 0 unspecified atom stereocenters. The SMILES string of the molecule is O=C(/C=C/c1ccc([N+](=O)[O-])cc1)NCCn1nc(C(F)(F)F)c2c1CCOC2. The second-order valence-electron chi connectivity index (χ2n) is 6.27. The van der Waals surface area contributed by atoms with Crippen molar-refractivity contribution in [2.24, 2.45) is 0 Å². The van der Waals surface area contributed by atoms with Crippen LogP contribution in [0.25, 0.3) is 6.08 Å². The van der Waals surface area contributed by atoms with Gasteiger partial charge in [-0.2, -0.15) is 18.3 Å². The summed E-state index contributed by atoms with van der Waals surface area (Å²) in [5.41, 5.74) is 0.114. The molecule has 1 amide bonds. The molecular formula is C18H17F3N4O4. The van der Waals surface area contributed by atoms with E-state index in [0.717, 1.165) is 0 Å². The molecule has 0 fully saturated rings. The van der Waals surface area contributed by atoms with Gasteiger partial charge in [0.25, 0.3) is 5.69 Å². The van der Waals surface area contributed by atoms with Gasteiger partial charge in [-0.1, -0.05) is 0 Å². The first-order valence-electron chi connectivity index (χ1n) is 8.69. The van der Waals surface area contributed by atoms with Crippen LogP contribution in [-0.2, 0) is 35.3 Å². The summed E-state index contributed by atoms with van der Waals surface area (Å²) in [6, 6.07) is 5.64. The number of ether oxygens (including phenoxy) is 1. The Kier molecular flexibility index (Phi) is 5.97. The summed E-state index contributed by atoms with van der Waals surface area (Å²) in [4.78, 5) is 22.0. The van der Waals surface area contributed by atoms with Crippen LogP contribution in [0.1, 0.15) is 22.5 Å². The van der Waals surface area contributed by atoms with Gasteiger partial charge in [-0.05, 0) is 23.8 Å². The summed E-state index contributed by atoms with van der Waals surface area (Å²) in [5.74, 6) is -0.441. The largest absolute Gasteiger partial charge is 0.435 e. The number of alkyl halides is 3. The molecule has 0 aliphatic carbocycles. The molecule has 0 saturated carbocycles. The Hall–Kier alpha value is -3.21. The number of carbonyl (C=O) groups is 1. The third-order valence-electron chi connectivity index (χ3n) is 4.32. The molecule has 0 radical (unpaired) electrons. The zero-order chi connectivity index (χ0) is 21.0. The summed E-state index contributed by atoms with van der Waals surface area (Å²) < 4.78 is 45.7. The molecule has 3 rings (SSSR count). The molecule has 1 N–H and O–H groups in total. The quantitative estimate of drug-likeness (QED) is 0.449. The standard InChI is InChI=1S/C18H17F3N4O4/c19-18(20,21)17-14-11-29-10-7-15(14)24(23-17)9-8-22-16(26)6-3-12-1-4-13(5-2-12)25(27)28/h1-6H,7-11H2,(H,22,26)/b6-3+. The Morgan fingerprint density at radius 2 is 2.07 bits per heavy atom. The Morgan fingerprint density at radius 1 is 1.34 bits per heavy atom.